The number of carboxylic acids is 2. The van der Waals surface area contributed by atoms with Crippen LogP contribution in [0.5, 0.6) is 0 Å². The van der Waals surface area contributed by atoms with Crippen molar-refractivity contribution in [1.82, 2.24) is 9.80 Å². The molecule has 0 radical (unpaired) electrons. The molecular weight excluding hydrogens is 509 g/mol. The van der Waals surface area contributed by atoms with Crippen LogP contribution in [-0.2, 0) is 23.8 Å². The minimum Gasteiger partial charge on any atom is -0.480 e. The Kier molecular flexibility index (Phi) is 10.6. The Morgan fingerprint density at radius 2 is 1.19 bits per heavy atom. The van der Waals surface area contributed by atoms with E-state index in [1.807, 2.05) is 0 Å². The van der Waals surface area contributed by atoms with E-state index in [4.69, 9.17) is 19.7 Å². The molecule has 15 heteroatoms. The smallest absolute Gasteiger partial charge is 0.411 e. The van der Waals surface area contributed by atoms with E-state index in [9.17, 15) is 37.5 Å². The number of carboxylic acid groups (broad SMARTS) is 2. The van der Waals surface area contributed by atoms with Crippen molar-refractivity contribution in [1.29, 1.82) is 0 Å². The number of rotatable bonds is 4. The van der Waals surface area contributed by atoms with Gasteiger partial charge in [-0.1, -0.05) is 0 Å². The molecule has 2 aliphatic heterocycles. The third kappa shape index (κ3) is 11.4. The lowest BCUT2D eigenvalue weighted by Gasteiger charge is -2.26. The highest BCUT2D eigenvalue weighted by Crippen LogP contribution is 2.26. The number of aliphatic hydroxyl groups excluding tert-OH is 1. The summed E-state index contributed by atoms with van der Waals surface area (Å²) >= 11 is 0. The lowest BCUT2D eigenvalue weighted by molar-refractivity contribution is -0.183. The van der Waals surface area contributed by atoms with Crippen molar-refractivity contribution < 1.29 is 61.9 Å². The van der Waals surface area contributed by atoms with Gasteiger partial charge < -0.3 is 29.5 Å². The van der Waals surface area contributed by atoms with Crippen molar-refractivity contribution in [3.05, 3.63) is 0 Å². The zero-order valence-electron chi connectivity index (χ0n) is 21.6. The average Bonchev–Trinajstić information content (AvgIpc) is 3.28. The molecule has 2 aliphatic rings. The first-order valence-electron chi connectivity index (χ1n) is 11.4. The van der Waals surface area contributed by atoms with Gasteiger partial charge in [0.1, 0.15) is 29.9 Å². The molecule has 2 heterocycles. The Labute approximate surface area is 212 Å². The molecule has 4 atom stereocenters. The highest BCUT2D eigenvalue weighted by atomic mass is 19.4. The molecule has 12 nitrogen and oxygen atoms in total. The second kappa shape index (κ2) is 12.2. The van der Waals surface area contributed by atoms with Gasteiger partial charge in [0.05, 0.1) is 25.3 Å². The van der Waals surface area contributed by atoms with Gasteiger partial charge in [0.15, 0.2) is 0 Å². The Balaban J connectivity index is 0.000000384. The SMILES string of the molecule is CC(C)(C)OC(=O)N1C[C@H](O)C[C@@H]1C(=O)O.CC(C)(C)OC(=O)N1C[C@H](OCC(F)(F)F)C[C@@H]1C(=O)O. The number of β-amino-alcohol motifs (C(OH)–C–C–N with tert-alkyl or cyclic N) is 1. The van der Waals surface area contributed by atoms with E-state index in [0.717, 1.165) is 9.80 Å². The van der Waals surface area contributed by atoms with Crippen LogP contribution in [0.2, 0.25) is 0 Å². The van der Waals surface area contributed by atoms with Crippen molar-refractivity contribution in [2.45, 2.75) is 96.1 Å². The number of carbonyl (C=O) groups excluding carboxylic acids is 2. The van der Waals surface area contributed by atoms with E-state index in [2.05, 4.69) is 4.74 Å². The minimum atomic E-state index is -4.50. The topological polar surface area (TPSA) is 163 Å². The van der Waals surface area contributed by atoms with Crippen LogP contribution in [0.3, 0.4) is 0 Å². The molecule has 0 aromatic rings. The summed E-state index contributed by atoms with van der Waals surface area (Å²) in [5.74, 6) is -2.43. The number of hydrogen-bond acceptors (Lipinski definition) is 8. The maximum atomic E-state index is 12.1. The predicted octanol–water partition coefficient (Wildman–Crippen LogP) is 2.47. The Morgan fingerprint density at radius 1 is 0.784 bits per heavy atom. The molecular formula is C22H35F3N2O10. The van der Waals surface area contributed by atoms with E-state index in [0.29, 0.717) is 0 Å². The van der Waals surface area contributed by atoms with Crippen molar-refractivity contribution in [3.63, 3.8) is 0 Å². The molecule has 0 spiro atoms. The normalized spacial score (nSPS) is 24.3. The van der Waals surface area contributed by atoms with Gasteiger partial charge in [-0.2, -0.15) is 13.2 Å². The molecule has 0 aromatic carbocycles. The quantitative estimate of drug-likeness (QED) is 0.479. The third-order valence-corrected chi connectivity index (χ3v) is 4.85. The number of alkyl halides is 3. The van der Waals surface area contributed by atoms with Crippen molar-refractivity contribution in [3.8, 4) is 0 Å². The fraction of sp³-hybridized carbons (Fsp3) is 0.818. The van der Waals surface area contributed by atoms with E-state index in [1.54, 1.807) is 41.5 Å². The van der Waals surface area contributed by atoms with Crippen LogP contribution in [0.4, 0.5) is 22.8 Å². The predicted molar refractivity (Wildman–Crippen MR) is 120 cm³/mol. The number of aliphatic carboxylic acids is 2. The fourth-order valence-electron chi connectivity index (χ4n) is 3.46. The summed E-state index contributed by atoms with van der Waals surface area (Å²) in [6.45, 7) is 8.20. The van der Waals surface area contributed by atoms with Gasteiger partial charge >= 0.3 is 30.3 Å². The molecule has 2 fully saturated rings. The van der Waals surface area contributed by atoms with Gasteiger partial charge in [0.2, 0.25) is 0 Å². The minimum absolute atomic E-state index is 0.00583. The summed E-state index contributed by atoms with van der Waals surface area (Å²) in [5, 5.41) is 27.3. The fourth-order valence-corrected chi connectivity index (χ4v) is 3.46. The monoisotopic (exact) mass is 544 g/mol. The van der Waals surface area contributed by atoms with Crippen molar-refractivity contribution in [2.24, 2.45) is 0 Å². The first kappa shape index (κ1) is 32.2. The summed E-state index contributed by atoms with van der Waals surface area (Å²) in [5.41, 5.74) is -1.50. The summed E-state index contributed by atoms with van der Waals surface area (Å²) in [4.78, 5) is 47.4. The first-order chi connectivity index (χ1) is 16.6. The van der Waals surface area contributed by atoms with Crippen molar-refractivity contribution in [2.75, 3.05) is 19.7 Å². The summed E-state index contributed by atoms with van der Waals surface area (Å²) in [6.07, 6.45) is -8.02. The largest absolute Gasteiger partial charge is 0.480 e. The van der Waals surface area contributed by atoms with Gasteiger partial charge in [-0.05, 0) is 41.5 Å². The molecule has 2 rings (SSSR count). The number of likely N-dealkylation sites (tertiary alicyclic amines) is 2. The number of ether oxygens (including phenoxy) is 3. The number of nitrogens with zero attached hydrogens (tertiary/aromatic N) is 2. The van der Waals surface area contributed by atoms with E-state index >= 15 is 0 Å². The van der Waals surface area contributed by atoms with Crippen LogP contribution in [-0.4, -0.2) is 111 Å². The third-order valence-electron chi connectivity index (χ3n) is 4.85. The second-order valence-corrected chi connectivity index (χ2v) is 10.6. The van der Waals surface area contributed by atoms with Crippen LogP contribution >= 0.6 is 0 Å². The zero-order valence-corrected chi connectivity index (χ0v) is 21.6. The number of aliphatic hydroxyl groups is 1. The average molecular weight is 545 g/mol. The van der Waals surface area contributed by atoms with Gasteiger partial charge in [-0.25, -0.2) is 19.2 Å². The second-order valence-electron chi connectivity index (χ2n) is 10.6. The van der Waals surface area contributed by atoms with Gasteiger partial charge in [-0.3, -0.25) is 9.80 Å². The van der Waals surface area contributed by atoms with E-state index in [-0.39, 0.29) is 25.9 Å². The van der Waals surface area contributed by atoms with Gasteiger partial charge in [-0.15, -0.1) is 0 Å². The molecule has 37 heavy (non-hydrogen) atoms. The number of halogens is 3. The van der Waals surface area contributed by atoms with Gasteiger partial charge in [0.25, 0.3) is 0 Å². The Morgan fingerprint density at radius 3 is 1.57 bits per heavy atom. The van der Waals surface area contributed by atoms with E-state index < -0.39 is 72.4 Å². The molecule has 214 valence electrons. The number of hydrogen-bond donors (Lipinski definition) is 3. The highest BCUT2D eigenvalue weighted by Gasteiger charge is 2.43. The highest BCUT2D eigenvalue weighted by molar-refractivity contribution is 5.81. The number of carbonyl (C=O) groups is 4. The molecule has 3 N–H and O–H groups in total. The van der Waals surface area contributed by atoms with E-state index in [1.165, 1.54) is 0 Å². The molecule has 2 amide bonds. The van der Waals surface area contributed by atoms with Crippen LogP contribution < -0.4 is 0 Å². The Hall–Kier alpha value is -2.81. The first-order valence-corrected chi connectivity index (χ1v) is 11.4. The van der Waals surface area contributed by atoms with Crippen molar-refractivity contribution >= 4 is 24.1 Å². The summed E-state index contributed by atoms with van der Waals surface area (Å²) in [6, 6.07) is -2.25. The lowest BCUT2D eigenvalue weighted by Crippen LogP contribution is -2.43. The van der Waals surface area contributed by atoms with Crippen LogP contribution in [0, 0.1) is 0 Å². The maximum Gasteiger partial charge on any atom is 0.411 e. The summed E-state index contributed by atoms with van der Waals surface area (Å²) < 4.78 is 51.0. The molecule has 0 saturated carbocycles. The standard InChI is InChI=1S/C12H18F3NO5.C10H17NO5/c1-11(2,3)21-10(19)16-5-7(4-8(16)9(17)18)20-6-12(13,14)15;1-10(2,3)16-9(15)11-5-6(12)4-7(11)8(13)14/h7-8H,4-6H2,1-3H3,(H,17,18);6-7,12H,4-5H2,1-3H3,(H,13,14)/t7-,8-;6-,7-/m11/s1. The molecule has 0 bridgehead atoms. The molecule has 0 aromatic heterocycles. The number of amides is 2. The van der Waals surface area contributed by atoms with Crippen LogP contribution in [0.25, 0.3) is 0 Å². The molecule has 0 aliphatic carbocycles. The van der Waals surface area contributed by atoms with Gasteiger partial charge in [0, 0.05) is 12.8 Å². The maximum absolute atomic E-state index is 12.1. The lowest BCUT2D eigenvalue weighted by atomic mass is 10.2. The zero-order chi connectivity index (χ0) is 28.9. The Bertz CT molecular complexity index is 838. The molecule has 0 unspecified atom stereocenters. The van der Waals surface area contributed by atoms with Crippen LogP contribution in [0.15, 0.2) is 0 Å². The van der Waals surface area contributed by atoms with Crippen LogP contribution in [0.1, 0.15) is 54.4 Å². The summed E-state index contributed by atoms with van der Waals surface area (Å²) in [7, 11) is 0. The molecule has 2 saturated heterocycles.